The molecule has 0 spiro atoms. The van der Waals surface area contributed by atoms with Crippen LogP contribution in [0.1, 0.15) is 42.2 Å². The third-order valence-electron chi connectivity index (χ3n) is 3.74. The summed E-state index contributed by atoms with van der Waals surface area (Å²) >= 11 is 12.0. The van der Waals surface area contributed by atoms with Crippen LogP contribution in [0.2, 0.25) is 10.0 Å². The van der Waals surface area contributed by atoms with E-state index in [9.17, 15) is 9.59 Å². The molecule has 0 fully saturated rings. The van der Waals surface area contributed by atoms with E-state index < -0.39 is 17.9 Å². The summed E-state index contributed by atoms with van der Waals surface area (Å²) in [5.41, 5.74) is 1.02. The molecule has 1 atom stereocenters. The fraction of sp³-hybridized carbons (Fsp3) is 0.300. The Morgan fingerprint density at radius 2 is 1.74 bits per heavy atom. The highest BCUT2D eigenvalue weighted by molar-refractivity contribution is 6.36. The van der Waals surface area contributed by atoms with Crippen LogP contribution >= 0.6 is 23.2 Å². The van der Waals surface area contributed by atoms with Crippen LogP contribution in [0.5, 0.6) is 5.75 Å². The molecule has 0 aromatic heterocycles. The van der Waals surface area contributed by atoms with Gasteiger partial charge in [-0.3, -0.25) is 9.59 Å². The number of carbonyl (C=O) groups excluding carboxylic acids is 2. The number of hydrogen-bond acceptors (Lipinski definition) is 4. The third-order valence-corrected chi connectivity index (χ3v) is 4.28. The fourth-order valence-electron chi connectivity index (χ4n) is 2.48. The van der Waals surface area contributed by atoms with Crippen LogP contribution < -0.4 is 10.1 Å². The van der Waals surface area contributed by atoms with Crippen molar-refractivity contribution >= 4 is 35.1 Å². The average Bonchev–Trinajstić information content (AvgIpc) is 2.60. The quantitative estimate of drug-likeness (QED) is 0.665. The van der Waals surface area contributed by atoms with Crippen LogP contribution in [-0.4, -0.2) is 25.1 Å². The zero-order valence-corrected chi connectivity index (χ0v) is 16.8. The summed E-state index contributed by atoms with van der Waals surface area (Å²) in [6.45, 7) is 3.54. The monoisotopic (exact) mass is 409 g/mol. The standard InChI is InChI=1S/C20H21Cl2NO4/c1-12(2)27-19(24)11-18(13-4-7-15(26-3)8-5-13)23-20(25)16-9-6-14(21)10-17(16)22/h4-10,12,18H,11H2,1-3H3,(H,23,25). The molecule has 2 rings (SSSR count). The Labute approximate surface area is 168 Å². The molecule has 0 saturated heterocycles. The van der Waals surface area contributed by atoms with Gasteiger partial charge in [0.1, 0.15) is 5.75 Å². The normalized spacial score (nSPS) is 11.8. The smallest absolute Gasteiger partial charge is 0.308 e. The molecule has 5 nitrogen and oxygen atoms in total. The maximum absolute atomic E-state index is 12.7. The van der Waals surface area contributed by atoms with Crippen molar-refractivity contribution in [2.75, 3.05) is 7.11 Å². The van der Waals surface area contributed by atoms with Gasteiger partial charge < -0.3 is 14.8 Å². The van der Waals surface area contributed by atoms with Crippen molar-refractivity contribution in [3.05, 3.63) is 63.6 Å². The third kappa shape index (κ3) is 6.15. The van der Waals surface area contributed by atoms with Crippen molar-refractivity contribution in [2.45, 2.75) is 32.4 Å². The van der Waals surface area contributed by atoms with Gasteiger partial charge in [0.25, 0.3) is 5.91 Å². The van der Waals surface area contributed by atoms with E-state index in [1.165, 1.54) is 12.1 Å². The second-order valence-electron chi connectivity index (χ2n) is 6.17. The van der Waals surface area contributed by atoms with Gasteiger partial charge >= 0.3 is 5.97 Å². The number of amides is 1. The van der Waals surface area contributed by atoms with Crippen LogP contribution in [0.25, 0.3) is 0 Å². The predicted molar refractivity (Wildman–Crippen MR) is 106 cm³/mol. The van der Waals surface area contributed by atoms with Gasteiger partial charge in [0.05, 0.1) is 36.3 Å². The Morgan fingerprint density at radius 3 is 2.30 bits per heavy atom. The number of benzene rings is 2. The number of ether oxygens (including phenoxy) is 2. The molecule has 2 aromatic rings. The fourth-order valence-corrected chi connectivity index (χ4v) is 2.97. The van der Waals surface area contributed by atoms with Crippen molar-refractivity contribution in [1.29, 1.82) is 0 Å². The molecule has 1 unspecified atom stereocenters. The lowest BCUT2D eigenvalue weighted by Crippen LogP contribution is -2.31. The molecule has 0 aliphatic rings. The number of esters is 1. The molecular formula is C20H21Cl2NO4. The summed E-state index contributed by atoms with van der Waals surface area (Å²) < 4.78 is 10.4. The number of rotatable bonds is 7. The van der Waals surface area contributed by atoms with Gasteiger partial charge in [-0.1, -0.05) is 35.3 Å². The van der Waals surface area contributed by atoms with E-state index in [0.717, 1.165) is 5.56 Å². The van der Waals surface area contributed by atoms with Crippen molar-refractivity contribution < 1.29 is 19.1 Å². The Balaban J connectivity index is 2.24. The molecule has 0 radical (unpaired) electrons. The van der Waals surface area contributed by atoms with Crippen molar-refractivity contribution in [2.24, 2.45) is 0 Å². The molecule has 7 heteroatoms. The molecule has 0 aliphatic carbocycles. The van der Waals surface area contributed by atoms with Crippen LogP contribution in [0.15, 0.2) is 42.5 Å². The number of carbonyl (C=O) groups is 2. The first-order valence-corrected chi connectivity index (χ1v) is 9.15. The van der Waals surface area contributed by atoms with Crippen LogP contribution in [0, 0.1) is 0 Å². The molecule has 0 bridgehead atoms. The van der Waals surface area contributed by atoms with Gasteiger partial charge in [0.15, 0.2) is 0 Å². The second-order valence-corrected chi connectivity index (χ2v) is 7.01. The highest BCUT2D eigenvalue weighted by Crippen LogP contribution is 2.24. The van der Waals surface area contributed by atoms with Crippen molar-refractivity contribution in [3.63, 3.8) is 0 Å². The van der Waals surface area contributed by atoms with Gasteiger partial charge in [-0.25, -0.2) is 0 Å². The molecule has 144 valence electrons. The predicted octanol–water partition coefficient (Wildman–Crippen LogP) is 4.81. The highest BCUT2D eigenvalue weighted by atomic mass is 35.5. The summed E-state index contributed by atoms with van der Waals surface area (Å²) in [6, 6.07) is 11.1. The van der Waals surface area contributed by atoms with Crippen LogP contribution in [0.4, 0.5) is 0 Å². The zero-order chi connectivity index (χ0) is 20.0. The van der Waals surface area contributed by atoms with E-state index in [-0.39, 0.29) is 23.1 Å². The van der Waals surface area contributed by atoms with Gasteiger partial charge in [-0.2, -0.15) is 0 Å². The van der Waals surface area contributed by atoms with Gasteiger partial charge in [0, 0.05) is 5.02 Å². The maximum Gasteiger partial charge on any atom is 0.308 e. The molecule has 1 N–H and O–H groups in total. The minimum atomic E-state index is -0.582. The van der Waals surface area contributed by atoms with E-state index in [2.05, 4.69) is 5.32 Å². The summed E-state index contributed by atoms with van der Waals surface area (Å²) in [5.74, 6) is -0.141. The number of methoxy groups -OCH3 is 1. The van der Waals surface area contributed by atoms with E-state index in [1.54, 1.807) is 51.3 Å². The van der Waals surface area contributed by atoms with Crippen LogP contribution in [-0.2, 0) is 9.53 Å². The Morgan fingerprint density at radius 1 is 1.07 bits per heavy atom. The number of hydrogen-bond donors (Lipinski definition) is 1. The largest absolute Gasteiger partial charge is 0.497 e. The molecule has 2 aromatic carbocycles. The first kappa shape index (κ1) is 21.1. The molecule has 0 aliphatic heterocycles. The van der Waals surface area contributed by atoms with E-state index >= 15 is 0 Å². The molecule has 0 saturated carbocycles. The van der Waals surface area contributed by atoms with E-state index in [1.807, 2.05) is 0 Å². The SMILES string of the molecule is COc1ccc(C(CC(=O)OC(C)C)NC(=O)c2ccc(Cl)cc2Cl)cc1. The lowest BCUT2D eigenvalue weighted by Gasteiger charge is -2.20. The average molecular weight is 410 g/mol. The van der Waals surface area contributed by atoms with Gasteiger partial charge in [0.2, 0.25) is 0 Å². The molecule has 1 amide bonds. The van der Waals surface area contributed by atoms with Crippen molar-refractivity contribution in [1.82, 2.24) is 5.32 Å². The number of halogens is 2. The van der Waals surface area contributed by atoms with E-state index in [4.69, 9.17) is 32.7 Å². The second kappa shape index (κ2) is 9.62. The Kier molecular flexibility index (Phi) is 7.51. The van der Waals surface area contributed by atoms with Crippen LogP contribution in [0.3, 0.4) is 0 Å². The molecule has 0 heterocycles. The van der Waals surface area contributed by atoms with E-state index in [0.29, 0.717) is 10.8 Å². The first-order chi connectivity index (χ1) is 12.8. The number of nitrogens with one attached hydrogen (secondary N) is 1. The first-order valence-electron chi connectivity index (χ1n) is 8.39. The van der Waals surface area contributed by atoms with Gasteiger partial charge in [-0.05, 0) is 49.7 Å². The minimum absolute atomic E-state index is 0.0124. The topological polar surface area (TPSA) is 64.6 Å². The summed E-state index contributed by atoms with van der Waals surface area (Å²) in [6.07, 6.45) is -0.253. The minimum Gasteiger partial charge on any atom is -0.497 e. The lowest BCUT2D eigenvalue weighted by molar-refractivity contribution is -0.147. The summed E-state index contributed by atoms with van der Waals surface area (Å²) in [5, 5.41) is 3.51. The molecule has 27 heavy (non-hydrogen) atoms. The Hall–Kier alpha value is -2.24. The zero-order valence-electron chi connectivity index (χ0n) is 15.3. The maximum atomic E-state index is 12.7. The molecular weight excluding hydrogens is 389 g/mol. The van der Waals surface area contributed by atoms with Gasteiger partial charge in [-0.15, -0.1) is 0 Å². The Bertz CT molecular complexity index is 806. The highest BCUT2D eigenvalue weighted by Gasteiger charge is 2.22. The summed E-state index contributed by atoms with van der Waals surface area (Å²) in [7, 11) is 1.57. The lowest BCUT2D eigenvalue weighted by atomic mass is 10.0. The van der Waals surface area contributed by atoms with Crippen molar-refractivity contribution in [3.8, 4) is 5.75 Å². The summed E-state index contributed by atoms with van der Waals surface area (Å²) in [4.78, 5) is 24.8.